The van der Waals surface area contributed by atoms with Crippen LogP contribution in [-0.2, 0) is 26.2 Å². The molecule has 0 aliphatic rings. The van der Waals surface area contributed by atoms with Crippen LogP contribution in [0.4, 0.5) is 0 Å². The van der Waals surface area contributed by atoms with Crippen molar-refractivity contribution in [1.29, 1.82) is 0 Å². The fourth-order valence-electron chi connectivity index (χ4n) is 2.25. The summed E-state index contributed by atoms with van der Waals surface area (Å²) in [4.78, 5) is 0. The number of hydrogen-bond acceptors (Lipinski definition) is 0. The Balaban J connectivity index is 0.00000108. The number of rotatable bonds is 1. The molecule has 0 bridgehead atoms. The number of benzene rings is 2. The topological polar surface area (TPSA) is 0 Å². The van der Waals surface area contributed by atoms with E-state index in [2.05, 4.69) is 67.6 Å². The molecular formula is C16H15Cl2Zr-. The minimum absolute atomic E-state index is 0. The van der Waals surface area contributed by atoms with Crippen LogP contribution in [0.5, 0.6) is 0 Å². The summed E-state index contributed by atoms with van der Waals surface area (Å²) in [6, 6.07) is 21.6. The van der Waals surface area contributed by atoms with Gasteiger partial charge < -0.3 is 0 Å². The number of fused-ring (bicyclic) bond motifs is 1. The van der Waals surface area contributed by atoms with Gasteiger partial charge in [0.05, 0.1) is 0 Å². The summed E-state index contributed by atoms with van der Waals surface area (Å²) in [5.74, 6) is 0. The smallest absolute Gasteiger partial charge is 0 e. The van der Waals surface area contributed by atoms with E-state index >= 15 is 0 Å². The van der Waals surface area contributed by atoms with Crippen LogP contribution >= 0.6 is 24.8 Å². The van der Waals surface area contributed by atoms with E-state index in [-0.39, 0.29) is 51.0 Å². The van der Waals surface area contributed by atoms with Crippen LogP contribution in [0.15, 0.2) is 60.7 Å². The summed E-state index contributed by atoms with van der Waals surface area (Å²) >= 11 is 0. The minimum atomic E-state index is 0. The molecule has 3 rings (SSSR count). The van der Waals surface area contributed by atoms with Gasteiger partial charge in [-0.2, -0.15) is 6.07 Å². The van der Waals surface area contributed by atoms with Crippen molar-refractivity contribution in [2.75, 3.05) is 0 Å². The van der Waals surface area contributed by atoms with Crippen LogP contribution in [0.3, 0.4) is 0 Å². The maximum atomic E-state index is 2.26. The van der Waals surface area contributed by atoms with Crippen molar-refractivity contribution in [2.45, 2.75) is 6.92 Å². The Kier molecular flexibility index (Phi) is 7.74. The minimum Gasteiger partial charge on any atom is -0.165 e. The average molecular weight is 369 g/mol. The Morgan fingerprint density at radius 2 is 1.53 bits per heavy atom. The van der Waals surface area contributed by atoms with Crippen LogP contribution in [0.25, 0.3) is 21.9 Å². The molecule has 0 heterocycles. The van der Waals surface area contributed by atoms with Gasteiger partial charge in [-0.1, -0.05) is 48.9 Å². The Morgan fingerprint density at radius 3 is 2.21 bits per heavy atom. The predicted octanol–water partition coefficient (Wildman–Crippen LogP) is 5.38. The van der Waals surface area contributed by atoms with Crippen molar-refractivity contribution in [1.82, 2.24) is 0 Å². The van der Waals surface area contributed by atoms with Crippen LogP contribution in [-0.4, -0.2) is 0 Å². The molecule has 0 atom stereocenters. The van der Waals surface area contributed by atoms with E-state index in [1.807, 2.05) is 0 Å². The van der Waals surface area contributed by atoms with E-state index in [0.717, 1.165) is 0 Å². The van der Waals surface area contributed by atoms with Crippen LogP contribution < -0.4 is 0 Å². The molecule has 98 valence electrons. The van der Waals surface area contributed by atoms with Gasteiger partial charge in [-0.25, -0.2) is 0 Å². The molecule has 0 aromatic heterocycles. The molecule has 0 saturated carbocycles. The van der Waals surface area contributed by atoms with Gasteiger partial charge in [0.2, 0.25) is 0 Å². The third-order valence-corrected chi connectivity index (χ3v) is 2.98. The monoisotopic (exact) mass is 367 g/mol. The van der Waals surface area contributed by atoms with Gasteiger partial charge >= 0.3 is 0 Å². The molecule has 0 aliphatic carbocycles. The van der Waals surface area contributed by atoms with Gasteiger partial charge in [-0.15, -0.1) is 59.3 Å². The molecule has 0 unspecified atom stereocenters. The Bertz CT molecular complexity index is 630. The fourth-order valence-corrected chi connectivity index (χ4v) is 2.25. The number of halogens is 2. The molecule has 0 saturated heterocycles. The van der Waals surface area contributed by atoms with Gasteiger partial charge in [-0.3, -0.25) is 0 Å². The normalized spacial score (nSPS) is 9.11. The standard InChI is InChI=1S/C16H13.2ClH.Zr/c1-12-10-14-8-5-9-15(16(14)11-12)13-6-3-2-4-7-13;;;/h2-11H,1H3;2*1H;/q-1;;;. The SMILES string of the molecule is Cc1cc2c(-c3ccccc3)cccc2[cH-]1.Cl.Cl.[Zr]. The van der Waals surface area contributed by atoms with Crippen molar-refractivity contribution in [3.8, 4) is 11.1 Å². The van der Waals surface area contributed by atoms with Crippen molar-refractivity contribution in [3.05, 3.63) is 66.2 Å². The summed E-state index contributed by atoms with van der Waals surface area (Å²) in [5.41, 5.74) is 3.95. The van der Waals surface area contributed by atoms with Gasteiger partial charge in [0.25, 0.3) is 0 Å². The van der Waals surface area contributed by atoms with Crippen molar-refractivity contribution < 1.29 is 26.2 Å². The summed E-state index contributed by atoms with van der Waals surface area (Å²) in [6.45, 7) is 2.15. The van der Waals surface area contributed by atoms with E-state index in [1.54, 1.807) is 0 Å². The molecule has 0 fully saturated rings. The third kappa shape index (κ3) is 3.75. The van der Waals surface area contributed by atoms with E-state index < -0.39 is 0 Å². The molecule has 19 heavy (non-hydrogen) atoms. The molecule has 0 radical (unpaired) electrons. The first-order chi connectivity index (χ1) is 7.84. The molecule has 0 aliphatic heterocycles. The summed E-state index contributed by atoms with van der Waals surface area (Å²) < 4.78 is 0. The second-order valence-corrected chi connectivity index (χ2v) is 4.21. The van der Waals surface area contributed by atoms with E-state index in [4.69, 9.17) is 0 Å². The van der Waals surface area contributed by atoms with Crippen LogP contribution in [0, 0.1) is 6.92 Å². The molecule has 0 N–H and O–H groups in total. The second-order valence-electron chi connectivity index (χ2n) is 4.21. The van der Waals surface area contributed by atoms with E-state index in [1.165, 1.54) is 27.5 Å². The molecule has 3 aromatic rings. The molecular weight excluding hydrogens is 354 g/mol. The van der Waals surface area contributed by atoms with Gasteiger partial charge in [0.1, 0.15) is 0 Å². The van der Waals surface area contributed by atoms with Crippen molar-refractivity contribution in [2.24, 2.45) is 0 Å². The van der Waals surface area contributed by atoms with Crippen molar-refractivity contribution in [3.63, 3.8) is 0 Å². The number of hydrogen-bond donors (Lipinski definition) is 0. The summed E-state index contributed by atoms with van der Waals surface area (Å²) in [5, 5.41) is 2.69. The first kappa shape index (κ1) is 18.5. The van der Waals surface area contributed by atoms with Crippen LogP contribution in [0.2, 0.25) is 0 Å². The van der Waals surface area contributed by atoms with Crippen LogP contribution in [0.1, 0.15) is 5.56 Å². The van der Waals surface area contributed by atoms with Gasteiger partial charge in [0.15, 0.2) is 0 Å². The van der Waals surface area contributed by atoms with Gasteiger partial charge in [0, 0.05) is 26.2 Å². The molecule has 3 aromatic carbocycles. The second kappa shape index (κ2) is 7.95. The first-order valence-corrected chi connectivity index (χ1v) is 5.56. The zero-order chi connectivity index (χ0) is 11.0. The summed E-state index contributed by atoms with van der Waals surface area (Å²) in [6.07, 6.45) is 0. The van der Waals surface area contributed by atoms with E-state index in [0.29, 0.717) is 0 Å². The molecule has 0 spiro atoms. The van der Waals surface area contributed by atoms with E-state index in [9.17, 15) is 0 Å². The summed E-state index contributed by atoms with van der Waals surface area (Å²) in [7, 11) is 0. The Morgan fingerprint density at radius 1 is 0.842 bits per heavy atom. The maximum Gasteiger partial charge on any atom is 0 e. The largest absolute Gasteiger partial charge is 0.165 e. The Hall–Kier alpha value is -0.487. The van der Waals surface area contributed by atoms with Gasteiger partial charge in [-0.05, 0) is 5.56 Å². The zero-order valence-electron chi connectivity index (χ0n) is 10.6. The Labute approximate surface area is 145 Å². The average Bonchev–Trinajstić information content (AvgIpc) is 2.70. The molecule has 0 nitrogen and oxygen atoms in total. The quantitative estimate of drug-likeness (QED) is 0.506. The fraction of sp³-hybridized carbons (Fsp3) is 0.0625. The first-order valence-electron chi connectivity index (χ1n) is 5.56. The predicted molar refractivity (Wildman–Crippen MR) is 84.2 cm³/mol. The third-order valence-electron chi connectivity index (χ3n) is 2.98. The van der Waals surface area contributed by atoms with Crippen molar-refractivity contribution >= 4 is 35.6 Å². The molecule has 3 heteroatoms. The zero-order valence-corrected chi connectivity index (χ0v) is 14.7. The maximum absolute atomic E-state index is 2.26. The number of aryl methyl sites for hydroxylation is 1. The molecule has 0 amide bonds.